The number of rotatable bonds is 14. The zero-order valence-electron chi connectivity index (χ0n) is 21.6. The van der Waals surface area contributed by atoms with Crippen LogP contribution in [0.5, 0.6) is 0 Å². The number of ether oxygens (including phenoxy) is 1. The van der Waals surface area contributed by atoms with Gasteiger partial charge in [-0.25, -0.2) is 0 Å². The first-order valence-corrected chi connectivity index (χ1v) is 12.9. The van der Waals surface area contributed by atoms with Crippen LogP contribution in [-0.2, 0) is 23.9 Å². The van der Waals surface area contributed by atoms with Crippen LogP contribution in [0.2, 0.25) is 0 Å². The van der Waals surface area contributed by atoms with Crippen molar-refractivity contribution >= 4 is 42.1 Å². The van der Waals surface area contributed by atoms with E-state index in [2.05, 4.69) is 10.6 Å². The van der Waals surface area contributed by atoms with Crippen molar-refractivity contribution in [2.45, 2.75) is 83.7 Å². The highest BCUT2D eigenvalue weighted by atomic mass is 35.5. The molecule has 0 bridgehead atoms. The van der Waals surface area contributed by atoms with Crippen LogP contribution in [0.1, 0.15) is 71.6 Å². The number of guanidine groups is 1. The summed E-state index contributed by atoms with van der Waals surface area (Å²) >= 11 is 0. The van der Waals surface area contributed by atoms with Crippen molar-refractivity contribution in [2.24, 2.45) is 11.7 Å². The van der Waals surface area contributed by atoms with E-state index in [0.717, 1.165) is 45.1 Å². The Morgan fingerprint density at radius 3 is 2.47 bits per heavy atom. The second-order valence-corrected chi connectivity index (χ2v) is 9.43. The number of carbonyl (C=O) groups is 4. The van der Waals surface area contributed by atoms with Crippen LogP contribution < -0.4 is 16.4 Å². The molecule has 206 valence electrons. The highest BCUT2D eigenvalue weighted by molar-refractivity contribution is 5.93. The Labute approximate surface area is 220 Å². The lowest BCUT2D eigenvalue weighted by Gasteiger charge is -2.33. The van der Waals surface area contributed by atoms with Gasteiger partial charge in [0.2, 0.25) is 17.7 Å². The predicted octanol–water partition coefficient (Wildman–Crippen LogP) is 1.14. The van der Waals surface area contributed by atoms with Crippen molar-refractivity contribution in [1.29, 1.82) is 5.41 Å². The Balaban J connectivity index is 0.00000648. The molecule has 1 aliphatic heterocycles. The molecule has 1 saturated heterocycles. The van der Waals surface area contributed by atoms with Crippen LogP contribution in [0.15, 0.2) is 0 Å². The van der Waals surface area contributed by atoms with E-state index in [4.69, 9.17) is 15.9 Å². The molecule has 36 heavy (non-hydrogen) atoms. The van der Waals surface area contributed by atoms with E-state index in [-0.39, 0.29) is 68.1 Å². The number of nitrogens with two attached hydrogens (primary N) is 1. The molecule has 0 aromatic carbocycles. The number of amides is 3. The van der Waals surface area contributed by atoms with E-state index in [9.17, 15) is 19.2 Å². The molecular weight excluding hydrogens is 488 g/mol. The zero-order valence-corrected chi connectivity index (χ0v) is 22.4. The summed E-state index contributed by atoms with van der Waals surface area (Å²) in [5, 5.41) is 13.2. The molecule has 1 saturated carbocycles. The average Bonchev–Trinajstić information content (AvgIpc) is 3.66. The minimum Gasteiger partial charge on any atom is -0.465 e. The summed E-state index contributed by atoms with van der Waals surface area (Å²) in [6, 6.07) is -1.12. The second-order valence-electron chi connectivity index (χ2n) is 9.43. The van der Waals surface area contributed by atoms with E-state index in [1.807, 2.05) is 6.92 Å². The average molecular weight is 531 g/mol. The number of unbranched alkanes of at least 4 members (excludes halogenated alkanes) is 2. The third-order valence-electron chi connectivity index (χ3n) is 6.35. The Morgan fingerprint density at radius 1 is 1.14 bits per heavy atom. The molecular formula is C24H43ClN6O5. The number of hydrogen-bond donors (Lipinski definition) is 4. The van der Waals surface area contributed by atoms with Crippen molar-refractivity contribution in [3.8, 4) is 0 Å². The van der Waals surface area contributed by atoms with E-state index >= 15 is 0 Å². The van der Waals surface area contributed by atoms with E-state index in [1.54, 1.807) is 11.8 Å². The zero-order chi connectivity index (χ0) is 25.8. The molecule has 0 unspecified atom stereocenters. The molecule has 5 N–H and O–H groups in total. The van der Waals surface area contributed by atoms with Crippen molar-refractivity contribution in [3.05, 3.63) is 0 Å². The van der Waals surface area contributed by atoms with Gasteiger partial charge in [-0.2, -0.15) is 0 Å². The predicted molar refractivity (Wildman–Crippen MR) is 139 cm³/mol. The van der Waals surface area contributed by atoms with Crippen LogP contribution in [0.3, 0.4) is 0 Å². The fraction of sp³-hybridized carbons (Fsp3) is 0.792. The third-order valence-corrected chi connectivity index (χ3v) is 6.35. The van der Waals surface area contributed by atoms with Crippen LogP contribution in [0.4, 0.5) is 0 Å². The molecule has 3 amide bonds. The number of nitrogens with one attached hydrogen (secondary N) is 3. The minimum atomic E-state index is -1.04. The van der Waals surface area contributed by atoms with Crippen LogP contribution in [0, 0.1) is 11.3 Å². The first kappa shape index (κ1) is 31.5. The molecule has 0 aromatic rings. The number of nitrogens with zero attached hydrogens (tertiary/aromatic N) is 2. The van der Waals surface area contributed by atoms with Gasteiger partial charge in [0, 0.05) is 32.1 Å². The number of piperidine rings is 1. The highest BCUT2D eigenvalue weighted by Crippen LogP contribution is 2.27. The van der Waals surface area contributed by atoms with Crippen LogP contribution in [0.25, 0.3) is 0 Å². The molecule has 11 nitrogen and oxygen atoms in total. The molecule has 1 heterocycles. The van der Waals surface area contributed by atoms with E-state index in [1.165, 1.54) is 4.90 Å². The maximum atomic E-state index is 13.4. The maximum Gasteiger partial charge on any atom is 0.325 e. The lowest BCUT2D eigenvalue weighted by atomic mass is 9.98. The summed E-state index contributed by atoms with van der Waals surface area (Å²) in [6.07, 6.45) is 6.02. The largest absolute Gasteiger partial charge is 0.465 e. The molecule has 2 aliphatic rings. The van der Waals surface area contributed by atoms with Crippen molar-refractivity contribution in [1.82, 2.24) is 20.4 Å². The van der Waals surface area contributed by atoms with Gasteiger partial charge in [-0.1, -0.05) is 19.8 Å². The number of halogens is 1. The normalized spacial score (nSPS) is 17.8. The van der Waals surface area contributed by atoms with Gasteiger partial charge >= 0.3 is 5.97 Å². The highest BCUT2D eigenvalue weighted by Gasteiger charge is 2.38. The van der Waals surface area contributed by atoms with Gasteiger partial charge in [-0.05, 0) is 44.9 Å². The summed E-state index contributed by atoms with van der Waals surface area (Å²) in [7, 11) is 0. The van der Waals surface area contributed by atoms with Crippen molar-refractivity contribution in [2.75, 3.05) is 32.8 Å². The quantitative estimate of drug-likeness (QED) is 0.113. The lowest BCUT2D eigenvalue weighted by Crippen LogP contribution is -2.53. The fourth-order valence-electron chi connectivity index (χ4n) is 4.29. The number of likely N-dealkylation sites (tertiary alicyclic amines) is 1. The van der Waals surface area contributed by atoms with Crippen LogP contribution in [-0.4, -0.2) is 84.3 Å². The summed E-state index contributed by atoms with van der Waals surface area (Å²) in [5.41, 5.74) is 5.59. The van der Waals surface area contributed by atoms with Crippen molar-refractivity contribution < 1.29 is 23.9 Å². The molecule has 0 spiro atoms. The Hall–Kier alpha value is -2.56. The van der Waals surface area contributed by atoms with Gasteiger partial charge in [0.25, 0.3) is 0 Å². The van der Waals surface area contributed by atoms with Gasteiger partial charge in [0.15, 0.2) is 5.96 Å². The molecule has 0 aromatic heterocycles. The van der Waals surface area contributed by atoms with Gasteiger partial charge in [-0.3, -0.25) is 24.6 Å². The van der Waals surface area contributed by atoms with Crippen molar-refractivity contribution in [3.63, 3.8) is 0 Å². The molecule has 1 aliphatic carbocycles. The molecule has 12 heteroatoms. The smallest absolute Gasteiger partial charge is 0.325 e. The van der Waals surface area contributed by atoms with E-state index < -0.39 is 17.9 Å². The minimum absolute atomic E-state index is 0. The first-order chi connectivity index (χ1) is 16.7. The topological polar surface area (TPSA) is 158 Å². The molecule has 2 fully saturated rings. The van der Waals surface area contributed by atoms with Gasteiger partial charge < -0.3 is 30.9 Å². The Morgan fingerprint density at radius 2 is 1.86 bits per heavy atom. The summed E-state index contributed by atoms with van der Waals surface area (Å²) in [6.45, 7) is 5.51. The second kappa shape index (κ2) is 16.2. The Bertz CT molecular complexity index is 763. The molecule has 0 radical (unpaired) electrons. The Kier molecular flexibility index (Phi) is 14.2. The number of carbonyl (C=O) groups excluding carboxylic acids is 4. The summed E-state index contributed by atoms with van der Waals surface area (Å²) in [4.78, 5) is 54.0. The standard InChI is InChI=1S/C24H42N6O5.ClH/c1-3-5-6-9-20(31)28-19(23(34)30(18-10-11-18)16-22(33)35-4-2)13-21(32)27-14-17-8-7-12-29(15-17)24(25)26;/h17-19H,3-16H2,1-2H3,(H3,25,26)(H,27,32)(H,28,31);1H/t17-,19-;/m0./s1. The van der Waals surface area contributed by atoms with E-state index in [0.29, 0.717) is 19.5 Å². The summed E-state index contributed by atoms with van der Waals surface area (Å²) < 4.78 is 5.01. The summed E-state index contributed by atoms with van der Waals surface area (Å²) in [5.74, 6) is -1.37. The third kappa shape index (κ3) is 11.0. The maximum absolute atomic E-state index is 13.4. The first-order valence-electron chi connectivity index (χ1n) is 12.9. The lowest BCUT2D eigenvalue weighted by molar-refractivity contribution is -0.150. The molecule has 2 atom stereocenters. The number of hydrogen-bond acceptors (Lipinski definition) is 6. The fourth-order valence-corrected chi connectivity index (χ4v) is 4.29. The van der Waals surface area contributed by atoms with Gasteiger partial charge in [-0.15, -0.1) is 12.4 Å². The monoisotopic (exact) mass is 530 g/mol. The SMILES string of the molecule is CCCCCC(=O)N[C@@H](CC(=O)NC[C@@H]1CCCN(C(=N)N)C1)C(=O)N(CC(=O)OCC)C1CC1.Cl. The van der Waals surface area contributed by atoms with Crippen LogP contribution >= 0.6 is 12.4 Å². The number of esters is 1. The molecule has 2 rings (SSSR count). The van der Waals surface area contributed by atoms with Gasteiger partial charge in [0.05, 0.1) is 13.0 Å². The van der Waals surface area contributed by atoms with Gasteiger partial charge in [0.1, 0.15) is 12.6 Å².